The zero-order valence-corrected chi connectivity index (χ0v) is 14.5. The summed E-state index contributed by atoms with van der Waals surface area (Å²) in [7, 11) is 0. The van der Waals surface area contributed by atoms with Crippen LogP contribution in [0.2, 0.25) is 0 Å². The van der Waals surface area contributed by atoms with E-state index in [9.17, 15) is 9.59 Å². The molecule has 1 atom stereocenters. The molecule has 0 saturated carbocycles. The van der Waals surface area contributed by atoms with Crippen LogP contribution in [0.4, 0.5) is 0 Å². The Bertz CT molecular complexity index is 727. The fourth-order valence-corrected chi connectivity index (χ4v) is 3.98. The number of carbonyl (C=O) groups is 2. The zero-order chi connectivity index (χ0) is 16.9. The Morgan fingerprint density at radius 3 is 3.04 bits per heavy atom. The molecule has 0 bridgehead atoms. The number of pyridine rings is 1. The van der Waals surface area contributed by atoms with Crippen LogP contribution in [-0.2, 0) is 24.1 Å². The summed E-state index contributed by atoms with van der Waals surface area (Å²) in [5, 5.41) is 0. The fourth-order valence-electron chi connectivity index (χ4n) is 2.87. The van der Waals surface area contributed by atoms with Gasteiger partial charge in [0.15, 0.2) is 0 Å². The Labute approximate surface area is 145 Å². The molecule has 1 aliphatic rings. The van der Waals surface area contributed by atoms with E-state index in [1.807, 2.05) is 18.2 Å². The van der Waals surface area contributed by atoms with Crippen LogP contribution in [0.25, 0.3) is 0 Å². The van der Waals surface area contributed by atoms with Gasteiger partial charge in [-0.3, -0.25) is 25.4 Å². The van der Waals surface area contributed by atoms with Crippen LogP contribution in [-0.4, -0.2) is 16.8 Å². The van der Waals surface area contributed by atoms with Gasteiger partial charge in [-0.1, -0.05) is 13.0 Å². The van der Waals surface area contributed by atoms with Crippen molar-refractivity contribution < 1.29 is 9.59 Å². The van der Waals surface area contributed by atoms with Crippen LogP contribution < -0.4 is 10.9 Å². The maximum Gasteiger partial charge on any atom is 0.279 e. The maximum absolute atomic E-state index is 12.2. The van der Waals surface area contributed by atoms with Gasteiger partial charge >= 0.3 is 0 Å². The van der Waals surface area contributed by atoms with E-state index in [4.69, 9.17) is 0 Å². The molecule has 0 radical (unpaired) electrons. The molecule has 0 aliphatic heterocycles. The lowest BCUT2D eigenvalue weighted by Crippen LogP contribution is -2.41. The molecular weight excluding hydrogens is 322 g/mol. The highest BCUT2D eigenvalue weighted by Crippen LogP contribution is 2.32. The van der Waals surface area contributed by atoms with Gasteiger partial charge in [0.05, 0.1) is 4.88 Å². The van der Waals surface area contributed by atoms with Crippen LogP contribution in [0.3, 0.4) is 0 Å². The summed E-state index contributed by atoms with van der Waals surface area (Å²) < 4.78 is 0. The number of hydrogen-bond acceptors (Lipinski definition) is 4. The summed E-state index contributed by atoms with van der Waals surface area (Å²) in [4.78, 5) is 30.0. The highest BCUT2D eigenvalue weighted by molar-refractivity contribution is 7.14. The molecule has 1 aliphatic carbocycles. The minimum atomic E-state index is -0.239. The van der Waals surface area contributed by atoms with E-state index >= 15 is 0 Å². The van der Waals surface area contributed by atoms with Crippen molar-refractivity contribution in [3.05, 3.63) is 51.5 Å². The standard InChI is InChI=1S/C18H21N3O2S/c1-12-4-6-15-14(9-12)10-16(24-15)18(23)21-20-17(22)7-5-13-3-2-8-19-11-13/h2-3,8,10-12H,4-7,9H2,1H3,(H,20,22)(H,21,23). The summed E-state index contributed by atoms with van der Waals surface area (Å²) in [6.45, 7) is 2.24. The van der Waals surface area contributed by atoms with Crippen LogP contribution in [0, 0.1) is 5.92 Å². The number of fused-ring (bicyclic) bond motifs is 1. The van der Waals surface area contributed by atoms with Crippen molar-refractivity contribution in [2.24, 2.45) is 5.92 Å². The fraction of sp³-hybridized carbons (Fsp3) is 0.389. The van der Waals surface area contributed by atoms with E-state index in [0.29, 0.717) is 23.6 Å². The number of amides is 2. The Balaban J connectivity index is 1.48. The number of aryl methyl sites for hydroxylation is 2. The monoisotopic (exact) mass is 343 g/mol. The minimum absolute atomic E-state index is 0.206. The number of rotatable bonds is 4. The third-order valence-corrected chi connectivity index (χ3v) is 5.47. The molecule has 126 valence electrons. The molecule has 24 heavy (non-hydrogen) atoms. The topological polar surface area (TPSA) is 71.1 Å². The van der Waals surface area contributed by atoms with Crippen LogP contribution >= 0.6 is 11.3 Å². The second kappa shape index (κ2) is 7.57. The molecule has 5 nitrogen and oxygen atoms in total. The average molecular weight is 343 g/mol. The Morgan fingerprint density at radius 2 is 2.25 bits per heavy atom. The third kappa shape index (κ3) is 4.20. The van der Waals surface area contributed by atoms with Crippen molar-refractivity contribution in [2.45, 2.75) is 39.0 Å². The normalized spacial score (nSPS) is 16.3. The summed E-state index contributed by atoms with van der Waals surface area (Å²) in [6, 6.07) is 5.73. The van der Waals surface area contributed by atoms with Crippen molar-refractivity contribution >= 4 is 23.2 Å². The van der Waals surface area contributed by atoms with Crippen molar-refractivity contribution in [3.63, 3.8) is 0 Å². The van der Waals surface area contributed by atoms with Gasteiger partial charge in [0.25, 0.3) is 5.91 Å². The lowest BCUT2D eigenvalue weighted by Gasteiger charge is -2.16. The predicted molar refractivity (Wildman–Crippen MR) is 93.7 cm³/mol. The summed E-state index contributed by atoms with van der Waals surface area (Å²) in [6.07, 6.45) is 7.61. The molecule has 0 fully saturated rings. The molecule has 1 unspecified atom stereocenters. The first-order chi connectivity index (χ1) is 11.6. The van der Waals surface area contributed by atoms with Crippen molar-refractivity contribution in [1.82, 2.24) is 15.8 Å². The molecule has 6 heteroatoms. The van der Waals surface area contributed by atoms with Gasteiger partial charge in [-0.05, 0) is 54.9 Å². The number of nitrogens with one attached hydrogen (secondary N) is 2. The molecular formula is C18H21N3O2S. The van der Waals surface area contributed by atoms with Gasteiger partial charge in [-0.25, -0.2) is 0 Å². The molecule has 2 amide bonds. The van der Waals surface area contributed by atoms with E-state index < -0.39 is 0 Å². The van der Waals surface area contributed by atoms with Gasteiger partial charge in [-0.15, -0.1) is 11.3 Å². The molecule has 0 aromatic carbocycles. The number of hydrazine groups is 1. The second-order valence-electron chi connectivity index (χ2n) is 6.27. The number of nitrogens with zero attached hydrogens (tertiary/aromatic N) is 1. The Hall–Kier alpha value is -2.21. The molecule has 2 N–H and O–H groups in total. The highest BCUT2D eigenvalue weighted by Gasteiger charge is 2.20. The zero-order valence-electron chi connectivity index (χ0n) is 13.7. The van der Waals surface area contributed by atoms with E-state index in [1.165, 1.54) is 28.2 Å². The Morgan fingerprint density at radius 1 is 1.38 bits per heavy atom. The van der Waals surface area contributed by atoms with Gasteiger partial charge < -0.3 is 0 Å². The number of hydrogen-bond donors (Lipinski definition) is 2. The van der Waals surface area contributed by atoms with Crippen molar-refractivity contribution in [2.75, 3.05) is 0 Å². The maximum atomic E-state index is 12.2. The van der Waals surface area contributed by atoms with Crippen molar-refractivity contribution in [1.29, 1.82) is 0 Å². The summed E-state index contributed by atoms with van der Waals surface area (Å²) in [5.74, 6) is 0.231. The molecule has 2 aromatic rings. The number of thiophene rings is 1. The van der Waals surface area contributed by atoms with E-state index in [1.54, 1.807) is 12.4 Å². The quantitative estimate of drug-likeness (QED) is 0.839. The van der Waals surface area contributed by atoms with Gasteiger partial charge in [0, 0.05) is 23.7 Å². The molecule has 2 aromatic heterocycles. The third-order valence-electron chi connectivity index (χ3n) is 4.23. The SMILES string of the molecule is CC1CCc2sc(C(=O)NNC(=O)CCc3cccnc3)cc2C1. The lowest BCUT2D eigenvalue weighted by atomic mass is 9.90. The minimum Gasteiger partial charge on any atom is -0.273 e. The highest BCUT2D eigenvalue weighted by atomic mass is 32.1. The Kier molecular flexibility index (Phi) is 5.25. The largest absolute Gasteiger partial charge is 0.279 e. The molecule has 2 heterocycles. The summed E-state index contributed by atoms with van der Waals surface area (Å²) in [5.41, 5.74) is 7.28. The van der Waals surface area contributed by atoms with Crippen LogP contribution in [0.5, 0.6) is 0 Å². The smallest absolute Gasteiger partial charge is 0.273 e. The predicted octanol–water partition coefficient (Wildman–Crippen LogP) is 2.66. The molecule has 0 spiro atoms. The summed E-state index contributed by atoms with van der Waals surface area (Å²) >= 11 is 1.54. The lowest BCUT2D eigenvalue weighted by molar-refractivity contribution is -0.121. The van der Waals surface area contributed by atoms with Gasteiger partial charge in [-0.2, -0.15) is 0 Å². The second-order valence-corrected chi connectivity index (χ2v) is 7.41. The van der Waals surface area contributed by atoms with Crippen molar-refractivity contribution in [3.8, 4) is 0 Å². The number of aromatic nitrogens is 1. The first kappa shape index (κ1) is 16.6. The van der Waals surface area contributed by atoms with Crippen LogP contribution in [0.1, 0.15) is 45.4 Å². The van der Waals surface area contributed by atoms with E-state index in [-0.39, 0.29) is 11.8 Å². The van der Waals surface area contributed by atoms with E-state index in [0.717, 1.165) is 18.4 Å². The first-order valence-corrected chi connectivity index (χ1v) is 9.03. The number of carbonyl (C=O) groups excluding carboxylic acids is 2. The van der Waals surface area contributed by atoms with Crippen LogP contribution in [0.15, 0.2) is 30.6 Å². The van der Waals surface area contributed by atoms with Gasteiger partial charge in [0.2, 0.25) is 5.91 Å². The van der Waals surface area contributed by atoms with E-state index in [2.05, 4.69) is 22.8 Å². The first-order valence-electron chi connectivity index (χ1n) is 8.21. The molecule has 3 rings (SSSR count). The molecule has 0 saturated heterocycles. The average Bonchev–Trinajstić information content (AvgIpc) is 3.02. The van der Waals surface area contributed by atoms with Gasteiger partial charge in [0.1, 0.15) is 0 Å².